The van der Waals surface area contributed by atoms with Crippen LogP contribution in [0.25, 0.3) is 10.1 Å². The quantitative estimate of drug-likeness (QED) is 0.0560. The van der Waals surface area contributed by atoms with Crippen molar-refractivity contribution in [3.8, 4) is 5.75 Å². The van der Waals surface area contributed by atoms with Crippen LogP contribution in [0.1, 0.15) is 41.5 Å². The van der Waals surface area contributed by atoms with Gasteiger partial charge in [-0.05, 0) is 67.6 Å². The van der Waals surface area contributed by atoms with Gasteiger partial charge in [0, 0.05) is 49.1 Å². The summed E-state index contributed by atoms with van der Waals surface area (Å²) in [7, 11) is 0. The normalized spacial score (nSPS) is 11.0. The molecule has 0 aliphatic carbocycles. The van der Waals surface area contributed by atoms with Crippen LogP contribution in [-0.2, 0) is 0 Å². The van der Waals surface area contributed by atoms with Gasteiger partial charge in [-0.15, -0.1) is 11.3 Å². The molecule has 44 heavy (non-hydrogen) atoms. The molecule has 13 heteroatoms. The summed E-state index contributed by atoms with van der Waals surface area (Å²) in [5.74, 6) is -1.38. The Labute approximate surface area is 267 Å². The number of halogens is 2. The maximum atomic E-state index is 13.0. The third-order valence-corrected chi connectivity index (χ3v) is 8.37. The summed E-state index contributed by atoms with van der Waals surface area (Å²) >= 11 is 10.7. The van der Waals surface area contributed by atoms with Crippen LogP contribution in [0, 0.1) is 17.0 Å². The number of hydrogen-bond acceptors (Lipinski definition) is 8. The number of amides is 2. The summed E-state index contributed by atoms with van der Waals surface area (Å²) in [4.78, 5) is 48.9. The molecule has 2 amide bonds. The van der Waals surface area contributed by atoms with Crippen molar-refractivity contribution in [2.75, 3.05) is 5.32 Å². The minimum absolute atomic E-state index is 0.0831. The number of hydrazone groups is 1. The van der Waals surface area contributed by atoms with Gasteiger partial charge in [-0.3, -0.25) is 19.7 Å². The fraction of sp³-hybridized carbons (Fsp3) is 0.0323. The van der Waals surface area contributed by atoms with E-state index >= 15 is 0 Å². The van der Waals surface area contributed by atoms with E-state index in [1.54, 1.807) is 60.7 Å². The number of nitrogens with one attached hydrogen (secondary N) is 2. The van der Waals surface area contributed by atoms with Gasteiger partial charge in [0.05, 0.1) is 16.2 Å². The lowest BCUT2D eigenvalue weighted by Crippen LogP contribution is -2.18. The molecule has 5 rings (SSSR count). The number of benzene rings is 4. The van der Waals surface area contributed by atoms with Crippen LogP contribution in [0.15, 0.2) is 94.5 Å². The van der Waals surface area contributed by atoms with Crippen molar-refractivity contribution >= 4 is 84.3 Å². The van der Waals surface area contributed by atoms with E-state index in [1.807, 2.05) is 13.0 Å². The molecule has 0 aliphatic heterocycles. The lowest BCUT2D eigenvalue weighted by Gasteiger charge is -2.08. The predicted molar refractivity (Wildman–Crippen MR) is 173 cm³/mol. The maximum absolute atomic E-state index is 13.0. The Kier molecular flexibility index (Phi) is 9.14. The van der Waals surface area contributed by atoms with E-state index in [4.69, 9.17) is 16.3 Å². The Morgan fingerprint density at radius 3 is 2.48 bits per heavy atom. The number of hydrogen-bond donors (Lipinski definition) is 2. The number of nitro groups is 1. The van der Waals surface area contributed by atoms with E-state index < -0.39 is 16.8 Å². The first-order valence-electron chi connectivity index (χ1n) is 12.8. The number of esters is 1. The van der Waals surface area contributed by atoms with Crippen molar-refractivity contribution in [1.29, 1.82) is 0 Å². The van der Waals surface area contributed by atoms with Gasteiger partial charge in [0.1, 0.15) is 10.6 Å². The summed E-state index contributed by atoms with van der Waals surface area (Å²) in [6, 6.07) is 22.5. The Morgan fingerprint density at radius 2 is 1.75 bits per heavy atom. The molecule has 0 atom stereocenters. The highest BCUT2D eigenvalue weighted by Gasteiger charge is 2.22. The van der Waals surface area contributed by atoms with Crippen LogP contribution >= 0.6 is 38.9 Å². The number of aryl methyl sites for hydroxylation is 1. The molecule has 0 aliphatic rings. The Hall–Kier alpha value is -4.91. The van der Waals surface area contributed by atoms with Crippen LogP contribution in [0.4, 0.5) is 11.4 Å². The number of carbonyl (C=O) groups excluding carboxylic acids is 3. The fourth-order valence-electron chi connectivity index (χ4n) is 4.08. The summed E-state index contributed by atoms with van der Waals surface area (Å²) in [5.41, 5.74) is 4.99. The van der Waals surface area contributed by atoms with Gasteiger partial charge < -0.3 is 10.1 Å². The lowest BCUT2D eigenvalue weighted by atomic mass is 10.1. The number of nitrogens with zero attached hydrogens (tertiary/aromatic N) is 2. The molecule has 10 nitrogen and oxygen atoms in total. The molecule has 0 radical (unpaired) electrons. The number of anilines is 1. The third kappa shape index (κ3) is 7.00. The topological polar surface area (TPSA) is 140 Å². The molecule has 0 spiro atoms. The maximum Gasteiger partial charge on any atom is 0.355 e. The summed E-state index contributed by atoms with van der Waals surface area (Å²) in [6.07, 6.45) is 1.32. The standard InChI is InChI=1S/C31H20BrClN4O6S/c1-17-3-2-4-19(13-17)29(38)35-22-8-5-18(6-9-22)30(39)36-34-16-20-14-21(32)7-12-25(20)43-31(40)28-27(33)24-11-10-23(37(41)42)15-26(24)44-28/h2-16H,1H3,(H,35,38)(H,36,39)/b34-16-. The molecular formula is C31H20BrClN4O6S. The highest BCUT2D eigenvalue weighted by Crippen LogP contribution is 2.38. The summed E-state index contributed by atoms with van der Waals surface area (Å²) in [6.45, 7) is 1.90. The molecule has 2 N–H and O–H groups in total. The lowest BCUT2D eigenvalue weighted by molar-refractivity contribution is -0.384. The minimum atomic E-state index is -0.755. The zero-order valence-corrected chi connectivity index (χ0v) is 25.8. The zero-order chi connectivity index (χ0) is 31.4. The van der Waals surface area contributed by atoms with E-state index in [-0.39, 0.29) is 27.2 Å². The number of non-ortho nitro benzene ring substituents is 1. The number of carbonyl (C=O) groups is 3. The molecule has 1 heterocycles. The van der Waals surface area contributed by atoms with Crippen molar-refractivity contribution in [2.24, 2.45) is 5.10 Å². The van der Waals surface area contributed by atoms with E-state index in [1.165, 1.54) is 24.4 Å². The van der Waals surface area contributed by atoms with Gasteiger partial charge in [-0.25, -0.2) is 10.2 Å². The second kappa shape index (κ2) is 13.2. The van der Waals surface area contributed by atoms with Crippen molar-refractivity contribution in [2.45, 2.75) is 6.92 Å². The Balaban J connectivity index is 1.25. The molecule has 0 fully saturated rings. The number of thiophene rings is 1. The predicted octanol–water partition coefficient (Wildman–Crippen LogP) is 7.77. The largest absolute Gasteiger partial charge is 0.422 e. The Bertz CT molecular complexity index is 1980. The molecule has 4 aromatic carbocycles. The van der Waals surface area contributed by atoms with Crippen LogP contribution in [0.2, 0.25) is 5.02 Å². The van der Waals surface area contributed by atoms with E-state index in [0.717, 1.165) is 16.9 Å². The average Bonchev–Trinajstić information content (AvgIpc) is 3.34. The van der Waals surface area contributed by atoms with Gasteiger partial charge in [0.15, 0.2) is 0 Å². The number of ether oxygens (including phenoxy) is 1. The molecule has 0 saturated carbocycles. The van der Waals surface area contributed by atoms with Gasteiger partial charge in [0.2, 0.25) is 0 Å². The molecule has 220 valence electrons. The zero-order valence-electron chi connectivity index (χ0n) is 22.7. The second-order valence-corrected chi connectivity index (χ2v) is 11.7. The Morgan fingerprint density at radius 1 is 0.977 bits per heavy atom. The first-order chi connectivity index (χ1) is 21.1. The highest BCUT2D eigenvalue weighted by molar-refractivity contribution is 9.10. The molecule has 0 saturated heterocycles. The van der Waals surface area contributed by atoms with Crippen LogP contribution in [0.3, 0.4) is 0 Å². The van der Waals surface area contributed by atoms with E-state index in [9.17, 15) is 24.5 Å². The van der Waals surface area contributed by atoms with E-state index in [0.29, 0.717) is 36.9 Å². The molecule has 0 bridgehead atoms. The SMILES string of the molecule is Cc1cccc(C(=O)Nc2ccc(C(=O)N/N=C\c3cc(Br)ccc3OC(=O)c3sc4cc([N+](=O)[O-])ccc4c3Cl)cc2)c1. The van der Waals surface area contributed by atoms with Crippen molar-refractivity contribution in [3.05, 3.63) is 132 Å². The highest BCUT2D eigenvalue weighted by atomic mass is 79.9. The first-order valence-corrected chi connectivity index (χ1v) is 14.8. The molecule has 0 unspecified atom stereocenters. The molecule has 5 aromatic rings. The minimum Gasteiger partial charge on any atom is -0.422 e. The van der Waals surface area contributed by atoms with E-state index in [2.05, 4.69) is 31.8 Å². The van der Waals surface area contributed by atoms with Gasteiger partial charge in [0.25, 0.3) is 17.5 Å². The smallest absolute Gasteiger partial charge is 0.355 e. The molecular weight excluding hydrogens is 672 g/mol. The average molecular weight is 692 g/mol. The molecule has 1 aromatic heterocycles. The fourth-order valence-corrected chi connectivity index (χ4v) is 5.87. The van der Waals surface area contributed by atoms with Crippen LogP contribution in [0.5, 0.6) is 5.75 Å². The van der Waals surface area contributed by atoms with Crippen molar-refractivity contribution in [3.63, 3.8) is 0 Å². The number of rotatable bonds is 8. The first kappa shape index (κ1) is 30.5. The van der Waals surface area contributed by atoms with Crippen LogP contribution < -0.4 is 15.5 Å². The summed E-state index contributed by atoms with van der Waals surface area (Å²) < 4.78 is 6.73. The number of fused-ring (bicyclic) bond motifs is 1. The summed E-state index contributed by atoms with van der Waals surface area (Å²) in [5, 5.41) is 18.5. The van der Waals surface area contributed by atoms with Gasteiger partial charge in [-0.1, -0.05) is 45.2 Å². The third-order valence-electron chi connectivity index (χ3n) is 6.24. The van der Waals surface area contributed by atoms with Gasteiger partial charge in [-0.2, -0.15) is 5.10 Å². The number of nitro benzene ring substituents is 1. The van der Waals surface area contributed by atoms with Crippen LogP contribution in [-0.4, -0.2) is 28.9 Å². The monoisotopic (exact) mass is 690 g/mol. The second-order valence-electron chi connectivity index (χ2n) is 9.35. The van der Waals surface area contributed by atoms with Gasteiger partial charge >= 0.3 is 5.97 Å². The van der Waals surface area contributed by atoms with Crippen molar-refractivity contribution in [1.82, 2.24) is 5.43 Å². The van der Waals surface area contributed by atoms with Crippen molar-refractivity contribution < 1.29 is 24.0 Å².